The van der Waals surface area contributed by atoms with E-state index in [-0.39, 0.29) is 5.78 Å². The van der Waals surface area contributed by atoms with Crippen LogP contribution in [0.2, 0.25) is 5.02 Å². The summed E-state index contributed by atoms with van der Waals surface area (Å²) < 4.78 is 10.9. The van der Waals surface area contributed by atoms with E-state index in [4.69, 9.17) is 32.5 Å². The van der Waals surface area contributed by atoms with Crippen molar-refractivity contribution in [3.8, 4) is 0 Å². The van der Waals surface area contributed by atoms with Crippen molar-refractivity contribution in [2.24, 2.45) is 11.5 Å². The number of H-pyrrole nitrogens is 1. The van der Waals surface area contributed by atoms with Crippen LogP contribution in [0.25, 0.3) is 10.9 Å². The van der Waals surface area contributed by atoms with Crippen LogP contribution in [0.15, 0.2) is 24.3 Å². The van der Waals surface area contributed by atoms with Crippen LogP contribution in [0.3, 0.4) is 0 Å². The Hall–Kier alpha value is -1.44. The van der Waals surface area contributed by atoms with Crippen LogP contribution in [0, 0.1) is 0 Å². The van der Waals surface area contributed by atoms with Gasteiger partial charge < -0.3 is 25.9 Å². The lowest BCUT2D eigenvalue weighted by Gasteiger charge is -2.45. The highest BCUT2D eigenvalue weighted by Crippen LogP contribution is 2.37. The minimum Gasteiger partial charge on any atom is -0.353 e. The van der Waals surface area contributed by atoms with Crippen molar-refractivity contribution < 1.29 is 14.3 Å². The predicted octanol–water partition coefficient (Wildman–Crippen LogP) is 2.20. The van der Waals surface area contributed by atoms with Crippen molar-refractivity contribution in [2.45, 2.75) is 36.6 Å². The fraction of sp³-hybridized carbons (Fsp3) is 0.471. The van der Waals surface area contributed by atoms with E-state index in [0.717, 1.165) is 10.9 Å². The van der Waals surface area contributed by atoms with Crippen LogP contribution in [0.5, 0.6) is 0 Å². The molecular formula is C17H22ClN3O3. The maximum absolute atomic E-state index is 13.0. The molecule has 0 saturated heterocycles. The van der Waals surface area contributed by atoms with Gasteiger partial charge in [-0.25, -0.2) is 0 Å². The molecule has 2 atom stereocenters. The first-order chi connectivity index (χ1) is 11.3. The lowest BCUT2D eigenvalue weighted by Crippen LogP contribution is -2.66. The Labute approximate surface area is 145 Å². The summed E-state index contributed by atoms with van der Waals surface area (Å²) in [6.45, 7) is 0. The average molecular weight is 352 g/mol. The Balaban J connectivity index is 1.90. The molecule has 6 nitrogen and oxygen atoms in total. The van der Waals surface area contributed by atoms with Gasteiger partial charge >= 0.3 is 0 Å². The van der Waals surface area contributed by atoms with Crippen molar-refractivity contribution in [3.05, 3.63) is 35.0 Å². The molecule has 1 fully saturated rings. The number of hydrogen-bond acceptors (Lipinski definition) is 5. The van der Waals surface area contributed by atoms with Gasteiger partial charge in [0, 0.05) is 49.0 Å². The third kappa shape index (κ3) is 2.74. The normalized spacial score (nSPS) is 26.6. The molecule has 2 unspecified atom stereocenters. The van der Waals surface area contributed by atoms with Gasteiger partial charge in [-0.2, -0.15) is 0 Å². The van der Waals surface area contributed by atoms with Gasteiger partial charge in [0.15, 0.2) is 11.6 Å². The van der Waals surface area contributed by atoms with Crippen molar-refractivity contribution in [1.82, 2.24) is 4.98 Å². The van der Waals surface area contributed by atoms with Crippen molar-refractivity contribution in [2.75, 3.05) is 14.2 Å². The number of nitrogens with two attached hydrogens (primary N) is 2. The molecular weight excluding hydrogens is 330 g/mol. The van der Waals surface area contributed by atoms with Crippen LogP contribution in [0.1, 0.15) is 29.8 Å². The number of nitrogens with one attached hydrogen (secondary N) is 1. The number of rotatable bonds is 4. The first kappa shape index (κ1) is 17.4. The summed E-state index contributed by atoms with van der Waals surface area (Å²) in [6.07, 6.45) is 1.24. The Bertz CT molecular complexity index is 772. The van der Waals surface area contributed by atoms with E-state index in [1.54, 1.807) is 32.4 Å². The second-order valence-electron chi connectivity index (χ2n) is 6.41. The third-order valence-corrected chi connectivity index (χ3v) is 5.34. The number of carbonyl (C=O) groups excluding carboxylic acids is 1. The highest BCUT2D eigenvalue weighted by atomic mass is 35.5. The summed E-state index contributed by atoms with van der Waals surface area (Å²) in [5, 5.41) is 1.48. The van der Waals surface area contributed by atoms with Crippen molar-refractivity contribution in [1.29, 1.82) is 0 Å². The fourth-order valence-electron chi connectivity index (χ4n) is 3.41. The molecule has 1 aromatic heterocycles. The lowest BCUT2D eigenvalue weighted by molar-refractivity contribution is -0.229. The van der Waals surface area contributed by atoms with Crippen molar-refractivity contribution in [3.63, 3.8) is 0 Å². The zero-order valence-corrected chi connectivity index (χ0v) is 14.5. The molecule has 3 rings (SSSR count). The quantitative estimate of drug-likeness (QED) is 0.578. The largest absolute Gasteiger partial charge is 0.353 e. The molecule has 0 bridgehead atoms. The van der Waals surface area contributed by atoms with E-state index in [1.807, 2.05) is 6.07 Å². The van der Waals surface area contributed by atoms with Crippen molar-refractivity contribution >= 4 is 28.3 Å². The molecule has 5 N–H and O–H groups in total. The Kier molecular flexibility index (Phi) is 4.44. The number of Topliss-reactive ketones (excluding diaryl/α,β-unsaturated/α-hetero) is 1. The first-order valence-corrected chi connectivity index (χ1v) is 8.19. The molecule has 1 heterocycles. The molecule has 1 aliphatic carbocycles. The number of ketones is 1. The van der Waals surface area contributed by atoms with E-state index < -0.39 is 17.4 Å². The number of methoxy groups -OCH3 is 2. The zero-order chi connectivity index (χ0) is 17.5. The first-order valence-electron chi connectivity index (χ1n) is 7.81. The van der Waals surface area contributed by atoms with Crippen LogP contribution in [-0.4, -0.2) is 42.4 Å². The summed E-state index contributed by atoms with van der Waals surface area (Å²) in [7, 11) is 3.14. The summed E-state index contributed by atoms with van der Waals surface area (Å²) in [4.78, 5) is 16.1. The fourth-order valence-corrected chi connectivity index (χ4v) is 3.60. The monoisotopic (exact) mass is 351 g/mol. The van der Waals surface area contributed by atoms with Gasteiger partial charge in [0.25, 0.3) is 0 Å². The van der Waals surface area contributed by atoms with Gasteiger partial charge in [-0.15, -0.1) is 0 Å². The van der Waals surface area contributed by atoms with Crippen LogP contribution in [-0.2, 0) is 9.47 Å². The van der Waals surface area contributed by atoms with Crippen LogP contribution < -0.4 is 11.5 Å². The molecule has 130 valence electrons. The van der Waals surface area contributed by atoms with E-state index >= 15 is 0 Å². The molecule has 0 amide bonds. The number of hydrogen-bond donors (Lipinski definition) is 3. The standard InChI is InChI=1S/C17H22ClN3O3/c1-23-16(24-2)5-6-17(20,14(19)9-16)15(22)13-8-10-7-11(18)3-4-12(10)21-13/h3-4,7-8,14,21H,5-6,9,19-20H2,1-2H3. The van der Waals surface area contributed by atoms with Gasteiger partial charge in [0.05, 0.1) is 11.2 Å². The minimum atomic E-state index is -1.16. The summed E-state index contributed by atoms with van der Waals surface area (Å²) in [5.41, 5.74) is 12.8. The molecule has 0 radical (unpaired) electrons. The average Bonchev–Trinajstić information content (AvgIpc) is 2.99. The molecule has 7 heteroatoms. The number of fused-ring (bicyclic) bond motifs is 1. The minimum absolute atomic E-state index is 0.205. The van der Waals surface area contributed by atoms with Gasteiger partial charge in [-0.3, -0.25) is 4.79 Å². The molecule has 1 saturated carbocycles. The Morgan fingerprint density at radius 1 is 1.29 bits per heavy atom. The summed E-state index contributed by atoms with van der Waals surface area (Å²) in [6, 6.07) is 6.59. The van der Waals surface area contributed by atoms with Gasteiger partial charge in [0.1, 0.15) is 0 Å². The van der Waals surface area contributed by atoms with E-state index in [1.165, 1.54) is 0 Å². The summed E-state index contributed by atoms with van der Waals surface area (Å²) in [5.74, 6) is -0.987. The Morgan fingerprint density at radius 2 is 2.00 bits per heavy atom. The second-order valence-corrected chi connectivity index (χ2v) is 6.85. The number of ether oxygens (including phenoxy) is 2. The summed E-state index contributed by atoms with van der Waals surface area (Å²) >= 11 is 6.00. The highest BCUT2D eigenvalue weighted by molar-refractivity contribution is 6.31. The maximum atomic E-state index is 13.0. The maximum Gasteiger partial charge on any atom is 0.200 e. The topological polar surface area (TPSA) is 103 Å². The lowest BCUT2D eigenvalue weighted by atomic mass is 9.72. The molecule has 1 aliphatic rings. The highest BCUT2D eigenvalue weighted by Gasteiger charge is 2.51. The molecule has 2 aromatic rings. The van der Waals surface area contributed by atoms with Gasteiger partial charge in [-0.05, 0) is 30.7 Å². The van der Waals surface area contributed by atoms with Crippen LogP contribution >= 0.6 is 11.6 Å². The van der Waals surface area contributed by atoms with E-state index in [9.17, 15) is 4.79 Å². The number of aromatic amines is 1. The Morgan fingerprint density at radius 3 is 2.62 bits per heavy atom. The van der Waals surface area contributed by atoms with Crippen LogP contribution in [0.4, 0.5) is 0 Å². The van der Waals surface area contributed by atoms with Gasteiger partial charge in [-0.1, -0.05) is 11.6 Å². The van der Waals surface area contributed by atoms with E-state index in [0.29, 0.717) is 30.0 Å². The third-order valence-electron chi connectivity index (χ3n) is 5.11. The number of halogens is 1. The zero-order valence-electron chi connectivity index (χ0n) is 13.8. The molecule has 1 aromatic carbocycles. The molecule has 0 aliphatic heterocycles. The SMILES string of the molecule is COC1(OC)CCC(N)(C(=O)c2cc3cc(Cl)ccc3[nH]2)C(N)C1. The smallest absolute Gasteiger partial charge is 0.200 e. The van der Waals surface area contributed by atoms with E-state index in [2.05, 4.69) is 4.98 Å². The molecule has 24 heavy (non-hydrogen) atoms. The number of carbonyl (C=O) groups is 1. The number of aromatic nitrogens is 1. The second kappa shape index (κ2) is 6.13. The molecule has 0 spiro atoms. The number of benzene rings is 1. The predicted molar refractivity (Wildman–Crippen MR) is 93.1 cm³/mol. The van der Waals surface area contributed by atoms with Gasteiger partial charge in [0.2, 0.25) is 0 Å².